The summed E-state index contributed by atoms with van der Waals surface area (Å²) in [6, 6.07) is 0.808. The summed E-state index contributed by atoms with van der Waals surface area (Å²) in [5.41, 5.74) is 11.1. The molecule has 0 bridgehead atoms. The Morgan fingerprint density at radius 3 is 1.19 bits per heavy atom. The molecule has 0 aliphatic rings. The minimum absolute atomic E-state index is 0.404. The van der Waals surface area contributed by atoms with Gasteiger partial charge < -0.3 is 11.5 Å². The van der Waals surface area contributed by atoms with Crippen molar-refractivity contribution in [3.8, 4) is 0 Å². The van der Waals surface area contributed by atoms with E-state index in [1.807, 2.05) is 0 Å². The third-order valence-corrected chi connectivity index (χ3v) is 2.53. The standard InChI is InChI=1S/2C7H17N/c2*1-3-4-5-6-7(2)8/h2*7H,3-6,8H2,1-2H3. The van der Waals surface area contributed by atoms with E-state index in [1.165, 1.54) is 51.4 Å². The van der Waals surface area contributed by atoms with Crippen molar-refractivity contribution < 1.29 is 0 Å². The first-order valence-corrected chi connectivity index (χ1v) is 7.05. The Morgan fingerprint density at radius 1 is 0.688 bits per heavy atom. The van der Waals surface area contributed by atoms with Gasteiger partial charge in [-0.2, -0.15) is 0 Å². The van der Waals surface area contributed by atoms with Crippen LogP contribution in [0.3, 0.4) is 0 Å². The molecule has 2 unspecified atom stereocenters. The molecule has 0 aromatic rings. The number of hydrogen-bond acceptors (Lipinski definition) is 2. The lowest BCUT2D eigenvalue weighted by Crippen LogP contribution is -2.13. The molecule has 2 heteroatoms. The van der Waals surface area contributed by atoms with E-state index in [-0.39, 0.29) is 0 Å². The first-order chi connectivity index (χ1) is 7.54. The topological polar surface area (TPSA) is 52.0 Å². The lowest BCUT2D eigenvalue weighted by Gasteiger charge is -2.01. The van der Waals surface area contributed by atoms with Crippen LogP contribution in [0.15, 0.2) is 0 Å². The summed E-state index contributed by atoms with van der Waals surface area (Å²) in [6.07, 6.45) is 10.2. The van der Waals surface area contributed by atoms with Crippen LogP contribution >= 0.6 is 0 Å². The molecular formula is C14H34N2. The Labute approximate surface area is 103 Å². The largest absolute Gasteiger partial charge is 0.328 e. The van der Waals surface area contributed by atoms with Crippen molar-refractivity contribution in [3.63, 3.8) is 0 Å². The third-order valence-electron chi connectivity index (χ3n) is 2.53. The van der Waals surface area contributed by atoms with Crippen molar-refractivity contribution in [1.29, 1.82) is 0 Å². The first-order valence-electron chi connectivity index (χ1n) is 7.05. The maximum absolute atomic E-state index is 5.53. The van der Waals surface area contributed by atoms with Crippen molar-refractivity contribution in [2.24, 2.45) is 11.5 Å². The molecule has 0 aliphatic carbocycles. The van der Waals surface area contributed by atoms with Gasteiger partial charge in [-0.05, 0) is 26.7 Å². The van der Waals surface area contributed by atoms with Gasteiger partial charge in [0.25, 0.3) is 0 Å². The van der Waals surface area contributed by atoms with E-state index >= 15 is 0 Å². The van der Waals surface area contributed by atoms with E-state index in [9.17, 15) is 0 Å². The fourth-order valence-corrected chi connectivity index (χ4v) is 1.43. The van der Waals surface area contributed by atoms with Crippen molar-refractivity contribution in [2.75, 3.05) is 0 Å². The molecule has 0 saturated heterocycles. The van der Waals surface area contributed by atoms with E-state index in [0.29, 0.717) is 12.1 Å². The molecule has 0 heterocycles. The quantitative estimate of drug-likeness (QED) is 0.623. The van der Waals surface area contributed by atoms with Crippen molar-refractivity contribution in [3.05, 3.63) is 0 Å². The average Bonchev–Trinajstić information content (AvgIpc) is 2.18. The number of rotatable bonds is 8. The summed E-state index contributed by atoms with van der Waals surface area (Å²) < 4.78 is 0. The second-order valence-electron chi connectivity index (χ2n) is 4.95. The molecule has 0 spiro atoms. The van der Waals surface area contributed by atoms with Gasteiger partial charge in [0.15, 0.2) is 0 Å². The molecule has 0 amide bonds. The molecule has 0 saturated carbocycles. The van der Waals surface area contributed by atoms with Crippen LogP contribution in [0.25, 0.3) is 0 Å². The summed E-state index contributed by atoms with van der Waals surface area (Å²) in [5.74, 6) is 0. The van der Waals surface area contributed by atoms with Gasteiger partial charge in [0.1, 0.15) is 0 Å². The van der Waals surface area contributed by atoms with Gasteiger partial charge in [-0.25, -0.2) is 0 Å². The predicted molar refractivity (Wildman–Crippen MR) is 75.6 cm³/mol. The molecular weight excluding hydrogens is 196 g/mol. The predicted octanol–water partition coefficient (Wildman–Crippen LogP) is 3.83. The smallest absolute Gasteiger partial charge is 0.00104 e. The monoisotopic (exact) mass is 230 g/mol. The summed E-state index contributed by atoms with van der Waals surface area (Å²) >= 11 is 0. The Morgan fingerprint density at radius 2 is 1.00 bits per heavy atom. The number of hydrogen-bond donors (Lipinski definition) is 2. The van der Waals surface area contributed by atoms with Crippen LogP contribution in [-0.4, -0.2) is 12.1 Å². The zero-order valence-corrected chi connectivity index (χ0v) is 12.0. The van der Waals surface area contributed by atoms with Crippen LogP contribution in [0.1, 0.15) is 79.1 Å². The highest BCUT2D eigenvalue weighted by Crippen LogP contribution is 2.00. The lowest BCUT2D eigenvalue weighted by atomic mass is 10.1. The highest BCUT2D eigenvalue weighted by molar-refractivity contribution is 4.52. The van der Waals surface area contributed by atoms with Crippen molar-refractivity contribution in [2.45, 2.75) is 91.1 Å². The summed E-state index contributed by atoms with van der Waals surface area (Å²) in [4.78, 5) is 0. The molecule has 0 aliphatic heterocycles. The van der Waals surface area contributed by atoms with Crippen LogP contribution in [-0.2, 0) is 0 Å². The first kappa shape index (κ1) is 18.3. The van der Waals surface area contributed by atoms with E-state index in [0.717, 1.165) is 0 Å². The van der Waals surface area contributed by atoms with Crippen LogP contribution < -0.4 is 11.5 Å². The zero-order valence-electron chi connectivity index (χ0n) is 12.0. The average molecular weight is 230 g/mol. The van der Waals surface area contributed by atoms with E-state index in [4.69, 9.17) is 11.5 Å². The summed E-state index contributed by atoms with van der Waals surface area (Å²) in [7, 11) is 0. The molecule has 0 radical (unpaired) electrons. The van der Waals surface area contributed by atoms with E-state index in [1.54, 1.807) is 0 Å². The Kier molecular flexibility index (Phi) is 17.1. The van der Waals surface area contributed by atoms with Crippen LogP contribution in [0.4, 0.5) is 0 Å². The fraction of sp³-hybridized carbons (Fsp3) is 1.00. The second-order valence-corrected chi connectivity index (χ2v) is 4.95. The van der Waals surface area contributed by atoms with Gasteiger partial charge in [-0.15, -0.1) is 0 Å². The highest BCUT2D eigenvalue weighted by Gasteiger charge is 1.91. The maximum Gasteiger partial charge on any atom is 0.00104 e. The number of nitrogens with two attached hydrogens (primary N) is 2. The van der Waals surface area contributed by atoms with Crippen LogP contribution in [0.2, 0.25) is 0 Å². The molecule has 100 valence electrons. The minimum Gasteiger partial charge on any atom is -0.328 e. The third kappa shape index (κ3) is 23.6. The maximum atomic E-state index is 5.53. The zero-order chi connectivity index (χ0) is 12.8. The highest BCUT2D eigenvalue weighted by atomic mass is 14.6. The van der Waals surface area contributed by atoms with Crippen molar-refractivity contribution >= 4 is 0 Å². The van der Waals surface area contributed by atoms with Gasteiger partial charge in [0.2, 0.25) is 0 Å². The molecule has 4 N–H and O–H groups in total. The SMILES string of the molecule is CCCCCC(C)N.CCCCCC(C)N. The van der Waals surface area contributed by atoms with Gasteiger partial charge >= 0.3 is 0 Å². The van der Waals surface area contributed by atoms with E-state index in [2.05, 4.69) is 27.7 Å². The van der Waals surface area contributed by atoms with Crippen LogP contribution in [0.5, 0.6) is 0 Å². The minimum atomic E-state index is 0.404. The molecule has 0 fully saturated rings. The lowest BCUT2D eigenvalue weighted by molar-refractivity contribution is 0.592. The second kappa shape index (κ2) is 14.9. The summed E-state index contributed by atoms with van der Waals surface area (Å²) in [5, 5.41) is 0. The van der Waals surface area contributed by atoms with Gasteiger partial charge in [-0.3, -0.25) is 0 Å². The van der Waals surface area contributed by atoms with Gasteiger partial charge in [-0.1, -0.05) is 52.4 Å². The Hall–Kier alpha value is -0.0800. The molecule has 16 heavy (non-hydrogen) atoms. The van der Waals surface area contributed by atoms with Crippen LogP contribution in [0, 0.1) is 0 Å². The van der Waals surface area contributed by atoms with Crippen molar-refractivity contribution in [1.82, 2.24) is 0 Å². The Bertz CT molecular complexity index is 97.3. The molecule has 0 rings (SSSR count). The molecule has 2 atom stereocenters. The molecule has 0 aromatic heterocycles. The Balaban J connectivity index is 0. The molecule has 0 aromatic carbocycles. The normalized spacial score (nSPS) is 13.9. The summed E-state index contributed by atoms with van der Waals surface area (Å²) in [6.45, 7) is 8.55. The van der Waals surface area contributed by atoms with Gasteiger partial charge in [0, 0.05) is 12.1 Å². The number of unbranched alkanes of at least 4 members (excludes halogenated alkanes) is 4. The van der Waals surface area contributed by atoms with Gasteiger partial charge in [0.05, 0.1) is 0 Å². The fourth-order valence-electron chi connectivity index (χ4n) is 1.43. The molecule has 2 nitrogen and oxygen atoms in total. The van der Waals surface area contributed by atoms with E-state index < -0.39 is 0 Å².